The lowest BCUT2D eigenvalue weighted by atomic mass is 10.0. The summed E-state index contributed by atoms with van der Waals surface area (Å²) in [5.74, 6) is -1.15. The van der Waals surface area contributed by atoms with Gasteiger partial charge < -0.3 is 5.32 Å². The van der Waals surface area contributed by atoms with Crippen LogP contribution >= 0.6 is 11.8 Å². The van der Waals surface area contributed by atoms with Gasteiger partial charge in [0.15, 0.2) is 0 Å². The van der Waals surface area contributed by atoms with Crippen LogP contribution in [-0.2, 0) is 4.79 Å². The van der Waals surface area contributed by atoms with Crippen LogP contribution in [0.2, 0.25) is 0 Å². The Morgan fingerprint density at radius 1 is 1.18 bits per heavy atom. The molecule has 0 aliphatic rings. The molecule has 0 spiro atoms. The molecule has 22 heavy (non-hydrogen) atoms. The van der Waals surface area contributed by atoms with E-state index in [4.69, 9.17) is 0 Å². The maximum atomic E-state index is 13.5. The van der Waals surface area contributed by atoms with Crippen molar-refractivity contribution in [1.82, 2.24) is 0 Å². The zero-order valence-electron chi connectivity index (χ0n) is 12.4. The summed E-state index contributed by atoms with van der Waals surface area (Å²) in [5.41, 5.74) is 1.82. The van der Waals surface area contributed by atoms with Crippen molar-refractivity contribution < 1.29 is 13.6 Å². The van der Waals surface area contributed by atoms with Gasteiger partial charge in [0, 0.05) is 16.6 Å². The molecule has 0 aromatic heterocycles. The van der Waals surface area contributed by atoms with E-state index in [9.17, 15) is 13.6 Å². The van der Waals surface area contributed by atoms with Crippen molar-refractivity contribution >= 4 is 23.4 Å². The fourth-order valence-corrected chi connectivity index (χ4v) is 2.76. The highest BCUT2D eigenvalue weighted by Crippen LogP contribution is 2.25. The number of halogens is 2. The van der Waals surface area contributed by atoms with Gasteiger partial charge in [-0.05, 0) is 29.7 Å². The van der Waals surface area contributed by atoms with Gasteiger partial charge in [0.2, 0.25) is 5.91 Å². The molecule has 5 heteroatoms. The Morgan fingerprint density at radius 2 is 1.91 bits per heavy atom. The monoisotopic (exact) mass is 321 g/mol. The number of carbonyl (C=O) groups excluding carboxylic acids is 1. The van der Waals surface area contributed by atoms with Crippen LogP contribution in [0.4, 0.5) is 14.5 Å². The van der Waals surface area contributed by atoms with Crippen LogP contribution in [0.15, 0.2) is 47.4 Å². The van der Waals surface area contributed by atoms with Crippen molar-refractivity contribution in [3.63, 3.8) is 0 Å². The number of rotatable bonds is 5. The Labute approximate surface area is 132 Å². The minimum Gasteiger partial charge on any atom is -0.325 e. The Bertz CT molecular complexity index is 673. The predicted molar refractivity (Wildman–Crippen MR) is 86.2 cm³/mol. The molecule has 116 valence electrons. The molecule has 0 unspecified atom stereocenters. The lowest BCUT2D eigenvalue weighted by molar-refractivity contribution is -0.113. The van der Waals surface area contributed by atoms with Crippen LogP contribution in [0.1, 0.15) is 25.3 Å². The van der Waals surface area contributed by atoms with Crippen LogP contribution in [-0.4, -0.2) is 11.7 Å². The molecule has 0 aliphatic heterocycles. The van der Waals surface area contributed by atoms with Crippen LogP contribution in [0.25, 0.3) is 0 Å². The van der Waals surface area contributed by atoms with Gasteiger partial charge in [-0.1, -0.05) is 32.0 Å². The lowest BCUT2D eigenvalue weighted by Gasteiger charge is -2.13. The minimum absolute atomic E-state index is 0.0645. The Balaban J connectivity index is 1.99. The van der Waals surface area contributed by atoms with Gasteiger partial charge in [-0.2, -0.15) is 0 Å². The summed E-state index contributed by atoms with van der Waals surface area (Å²) in [6, 6.07) is 10.9. The molecule has 0 aliphatic carbocycles. The predicted octanol–water partition coefficient (Wildman–Crippen LogP) is 4.82. The molecule has 1 N–H and O–H groups in total. The third kappa shape index (κ3) is 4.31. The third-order valence-corrected chi connectivity index (χ3v) is 4.16. The van der Waals surface area contributed by atoms with Gasteiger partial charge >= 0.3 is 0 Å². The van der Waals surface area contributed by atoms with Crippen molar-refractivity contribution in [3.8, 4) is 0 Å². The minimum atomic E-state index is -0.652. The molecule has 0 bridgehead atoms. The number of anilines is 1. The van der Waals surface area contributed by atoms with Crippen LogP contribution in [0.5, 0.6) is 0 Å². The van der Waals surface area contributed by atoms with Crippen molar-refractivity contribution in [3.05, 3.63) is 59.7 Å². The molecule has 1 amide bonds. The summed E-state index contributed by atoms with van der Waals surface area (Å²) in [6.45, 7) is 4.10. The van der Waals surface area contributed by atoms with Gasteiger partial charge in [-0.15, -0.1) is 11.8 Å². The second-order valence-corrected chi connectivity index (χ2v) is 6.17. The van der Waals surface area contributed by atoms with Gasteiger partial charge in [0.05, 0.1) is 5.75 Å². The zero-order valence-corrected chi connectivity index (χ0v) is 13.2. The molecule has 2 nitrogen and oxygen atoms in total. The summed E-state index contributed by atoms with van der Waals surface area (Å²) >= 11 is 1.04. The molecule has 2 aromatic rings. The van der Waals surface area contributed by atoms with E-state index >= 15 is 0 Å². The van der Waals surface area contributed by atoms with Gasteiger partial charge in [-0.3, -0.25) is 4.79 Å². The average molecular weight is 321 g/mol. The highest BCUT2D eigenvalue weighted by atomic mass is 32.2. The van der Waals surface area contributed by atoms with Gasteiger partial charge in [-0.25, -0.2) is 8.78 Å². The summed E-state index contributed by atoms with van der Waals surface area (Å²) in [4.78, 5) is 12.3. The first-order valence-corrected chi connectivity index (χ1v) is 7.92. The first-order chi connectivity index (χ1) is 10.5. The zero-order chi connectivity index (χ0) is 16.1. The maximum Gasteiger partial charge on any atom is 0.234 e. The average Bonchev–Trinajstić information content (AvgIpc) is 2.46. The number of nitrogens with one attached hydrogen (secondary N) is 1. The maximum absolute atomic E-state index is 13.5. The summed E-state index contributed by atoms with van der Waals surface area (Å²) in [6.07, 6.45) is 0. The quantitative estimate of drug-likeness (QED) is 0.800. The van der Waals surface area contributed by atoms with Gasteiger partial charge in [0.25, 0.3) is 0 Å². The van der Waals surface area contributed by atoms with E-state index < -0.39 is 11.6 Å². The van der Waals surface area contributed by atoms with E-state index in [-0.39, 0.29) is 16.6 Å². The van der Waals surface area contributed by atoms with Crippen molar-refractivity contribution in [2.75, 3.05) is 11.1 Å². The van der Waals surface area contributed by atoms with E-state index in [2.05, 4.69) is 5.32 Å². The number of hydrogen-bond donors (Lipinski definition) is 1. The normalized spacial score (nSPS) is 10.8. The first-order valence-electron chi connectivity index (χ1n) is 6.94. The summed E-state index contributed by atoms with van der Waals surface area (Å²) in [5, 5.41) is 2.84. The summed E-state index contributed by atoms with van der Waals surface area (Å²) in [7, 11) is 0. The topological polar surface area (TPSA) is 29.1 Å². The van der Waals surface area contributed by atoms with Crippen molar-refractivity contribution in [1.29, 1.82) is 0 Å². The number of amides is 1. The molecule has 0 radical (unpaired) electrons. The van der Waals surface area contributed by atoms with Gasteiger partial charge in [0.1, 0.15) is 11.6 Å². The van der Waals surface area contributed by atoms with Crippen molar-refractivity contribution in [2.45, 2.75) is 24.7 Å². The van der Waals surface area contributed by atoms with E-state index in [1.165, 1.54) is 12.1 Å². The Morgan fingerprint density at radius 3 is 2.59 bits per heavy atom. The number of thioether (sulfide) groups is 1. The molecule has 0 saturated carbocycles. The number of carbonyl (C=O) groups is 1. The van der Waals surface area contributed by atoms with E-state index in [0.717, 1.165) is 29.1 Å². The molecule has 0 saturated heterocycles. The first kappa shape index (κ1) is 16.5. The fraction of sp³-hybridized carbons (Fsp3) is 0.235. The summed E-state index contributed by atoms with van der Waals surface area (Å²) < 4.78 is 26.3. The second kappa shape index (κ2) is 7.40. The Kier molecular flexibility index (Phi) is 5.55. The second-order valence-electron chi connectivity index (χ2n) is 5.15. The molecular formula is C17H17F2NOS. The lowest BCUT2D eigenvalue weighted by Crippen LogP contribution is -2.15. The molecule has 2 rings (SSSR count). The number of hydrogen-bond acceptors (Lipinski definition) is 2. The standard InChI is InChI=1S/C17H17F2NOS/c1-11(2)13-5-3-4-6-15(13)20-17(21)10-22-16-8-7-12(18)9-14(16)19/h3-9,11H,10H2,1-2H3,(H,20,21). The molecule has 2 aromatic carbocycles. The highest BCUT2D eigenvalue weighted by molar-refractivity contribution is 8.00. The van der Waals surface area contributed by atoms with E-state index in [1.807, 2.05) is 38.1 Å². The number of para-hydroxylation sites is 1. The molecular weight excluding hydrogens is 304 g/mol. The third-order valence-electron chi connectivity index (χ3n) is 3.11. The van der Waals surface area contributed by atoms with Crippen molar-refractivity contribution in [2.24, 2.45) is 0 Å². The van der Waals surface area contributed by atoms with Crippen LogP contribution in [0.3, 0.4) is 0 Å². The molecule has 0 atom stereocenters. The smallest absolute Gasteiger partial charge is 0.234 e. The van der Waals surface area contributed by atoms with E-state index in [1.54, 1.807) is 0 Å². The van der Waals surface area contributed by atoms with Crippen LogP contribution < -0.4 is 5.32 Å². The highest BCUT2D eigenvalue weighted by Gasteiger charge is 2.11. The van der Waals surface area contributed by atoms with Crippen LogP contribution in [0, 0.1) is 11.6 Å². The van der Waals surface area contributed by atoms with E-state index in [0.29, 0.717) is 5.92 Å². The number of benzene rings is 2. The molecule has 0 fully saturated rings. The SMILES string of the molecule is CC(C)c1ccccc1NC(=O)CSc1ccc(F)cc1F. The Hall–Kier alpha value is -1.88. The fourth-order valence-electron chi connectivity index (χ4n) is 2.04. The molecule has 0 heterocycles. The largest absolute Gasteiger partial charge is 0.325 e.